The molecule has 1 aliphatic rings. The Labute approximate surface area is 148 Å². The van der Waals surface area contributed by atoms with E-state index < -0.39 is 5.97 Å². The fourth-order valence-corrected chi connectivity index (χ4v) is 3.13. The van der Waals surface area contributed by atoms with Crippen molar-refractivity contribution in [2.24, 2.45) is 4.99 Å². The standard InChI is InChI=1S/C21H22N2O2/c1-14-12-21(2,3)23(4)19-9-8-15(10-18(14)19)13-22-17-7-5-6-16(11-17)20(24)25/h5-13H,1-4H3,(H,24,25). The van der Waals surface area contributed by atoms with Gasteiger partial charge in [0, 0.05) is 24.5 Å². The number of likely N-dealkylation sites (N-methyl/N-ethyl adjacent to an activating group) is 1. The van der Waals surface area contributed by atoms with Crippen LogP contribution in [-0.4, -0.2) is 29.9 Å². The number of carbonyl (C=O) groups is 1. The van der Waals surface area contributed by atoms with Crippen molar-refractivity contribution < 1.29 is 9.90 Å². The van der Waals surface area contributed by atoms with Crippen molar-refractivity contribution in [1.82, 2.24) is 0 Å². The van der Waals surface area contributed by atoms with Crippen molar-refractivity contribution in [3.05, 3.63) is 65.2 Å². The van der Waals surface area contributed by atoms with Crippen LogP contribution in [0.3, 0.4) is 0 Å². The second-order valence-electron chi connectivity index (χ2n) is 6.93. The van der Waals surface area contributed by atoms with Gasteiger partial charge in [0.15, 0.2) is 0 Å². The first-order valence-corrected chi connectivity index (χ1v) is 8.23. The minimum absolute atomic E-state index is 0.00996. The summed E-state index contributed by atoms with van der Waals surface area (Å²) in [5, 5.41) is 9.06. The van der Waals surface area contributed by atoms with Crippen LogP contribution in [0.2, 0.25) is 0 Å². The highest BCUT2D eigenvalue weighted by Crippen LogP contribution is 2.37. The Bertz CT molecular complexity index is 895. The van der Waals surface area contributed by atoms with E-state index in [1.54, 1.807) is 30.5 Å². The maximum atomic E-state index is 11.0. The smallest absolute Gasteiger partial charge is 0.335 e. The molecule has 0 aromatic heterocycles. The van der Waals surface area contributed by atoms with E-state index in [0.717, 1.165) is 5.56 Å². The topological polar surface area (TPSA) is 52.9 Å². The highest BCUT2D eigenvalue weighted by atomic mass is 16.4. The van der Waals surface area contributed by atoms with Crippen molar-refractivity contribution in [1.29, 1.82) is 0 Å². The van der Waals surface area contributed by atoms with Gasteiger partial charge in [-0.25, -0.2) is 4.79 Å². The third-order valence-electron chi connectivity index (χ3n) is 4.70. The number of carboxylic acid groups (broad SMARTS) is 1. The molecule has 0 saturated heterocycles. The van der Waals surface area contributed by atoms with Gasteiger partial charge in [-0.15, -0.1) is 0 Å². The molecule has 25 heavy (non-hydrogen) atoms. The van der Waals surface area contributed by atoms with Crippen LogP contribution in [0.5, 0.6) is 0 Å². The second-order valence-corrected chi connectivity index (χ2v) is 6.93. The van der Waals surface area contributed by atoms with Crippen molar-refractivity contribution in [2.75, 3.05) is 11.9 Å². The lowest BCUT2D eigenvalue weighted by Crippen LogP contribution is -2.42. The summed E-state index contributed by atoms with van der Waals surface area (Å²) < 4.78 is 0. The van der Waals surface area contributed by atoms with E-state index in [1.165, 1.54) is 16.8 Å². The van der Waals surface area contributed by atoms with E-state index in [-0.39, 0.29) is 11.1 Å². The zero-order valence-electron chi connectivity index (χ0n) is 14.9. The van der Waals surface area contributed by atoms with Gasteiger partial charge in [0.05, 0.1) is 16.8 Å². The van der Waals surface area contributed by atoms with Gasteiger partial charge in [0.25, 0.3) is 0 Å². The molecule has 4 heteroatoms. The molecule has 0 saturated carbocycles. The van der Waals surface area contributed by atoms with Crippen LogP contribution in [-0.2, 0) is 0 Å². The Balaban J connectivity index is 1.92. The lowest BCUT2D eigenvalue weighted by Gasteiger charge is -2.40. The number of benzene rings is 2. The maximum Gasteiger partial charge on any atom is 0.335 e. The highest BCUT2D eigenvalue weighted by molar-refractivity contribution is 5.90. The molecule has 0 bridgehead atoms. The van der Waals surface area contributed by atoms with Crippen molar-refractivity contribution in [3.8, 4) is 0 Å². The van der Waals surface area contributed by atoms with Gasteiger partial charge in [-0.2, -0.15) is 0 Å². The van der Waals surface area contributed by atoms with Gasteiger partial charge in [-0.3, -0.25) is 4.99 Å². The van der Waals surface area contributed by atoms with Crippen LogP contribution >= 0.6 is 0 Å². The molecule has 1 N–H and O–H groups in total. The number of aliphatic imine (C=N–C) groups is 1. The number of rotatable bonds is 3. The molecule has 0 unspecified atom stereocenters. The molecule has 0 fully saturated rings. The molecule has 4 nitrogen and oxygen atoms in total. The number of hydrogen-bond donors (Lipinski definition) is 1. The lowest BCUT2D eigenvalue weighted by atomic mass is 9.89. The Morgan fingerprint density at radius 1 is 1.20 bits per heavy atom. The molecule has 0 aliphatic carbocycles. The predicted octanol–water partition coefficient (Wildman–Crippen LogP) is 4.77. The zero-order valence-corrected chi connectivity index (χ0v) is 14.9. The molecule has 0 atom stereocenters. The monoisotopic (exact) mass is 334 g/mol. The molecular formula is C21H22N2O2. The van der Waals surface area contributed by atoms with Gasteiger partial charge in [0.1, 0.15) is 0 Å². The number of anilines is 1. The van der Waals surface area contributed by atoms with Gasteiger partial charge >= 0.3 is 5.97 Å². The number of carboxylic acids is 1. The Morgan fingerprint density at radius 3 is 2.68 bits per heavy atom. The Morgan fingerprint density at radius 2 is 1.96 bits per heavy atom. The first-order valence-electron chi connectivity index (χ1n) is 8.23. The molecule has 0 amide bonds. The molecule has 0 radical (unpaired) electrons. The van der Waals surface area contributed by atoms with E-state index in [9.17, 15) is 4.79 Å². The molecule has 0 spiro atoms. The van der Waals surface area contributed by atoms with Gasteiger partial charge in [-0.05, 0) is 62.2 Å². The minimum atomic E-state index is -0.947. The third-order valence-corrected chi connectivity index (χ3v) is 4.70. The number of hydrogen-bond acceptors (Lipinski definition) is 3. The van der Waals surface area contributed by atoms with Gasteiger partial charge in [-0.1, -0.05) is 18.2 Å². The maximum absolute atomic E-state index is 11.0. The average molecular weight is 334 g/mol. The van der Waals surface area contributed by atoms with E-state index in [1.807, 2.05) is 6.07 Å². The molecule has 1 aliphatic heterocycles. The largest absolute Gasteiger partial charge is 0.478 e. The Hall–Kier alpha value is -2.88. The number of allylic oxidation sites excluding steroid dienone is 1. The lowest BCUT2D eigenvalue weighted by molar-refractivity contribution is 0.0697. The molecule has 1 heterocycles. The van der Waals surface area contributed by atoms with E-state index >= 15 is 0 Å². The van der Waals surface area contributed by atoms with Crippen LogP contribution < -0.4 is 4.90 Å². The first-order chi connectivity index (χ1) is 11.8. The summed E-state index contributed by atoms with van der Waals surface area (Å²) in [5.41, 5.74) is 5.50. The third kappa shape index (κ3) is 3.33. The summed E-state index contributed by atoms with van der Waals surface area (Å²) in [5.74, 6) is -0.947. The van der Waals surface area contributed by atoms with E-state index in [2.05, 4.69) is 55.9 Å². The van der Waals surface area contributed by atoms with Crippen molar-refractivity contribution in [3.63, 3.8) is 0 Å². The van der Waals surface area contributed by atoms with Crippen LogP contribution in [0, 0.1) is 0 Å². The zero-order chi connectivity index (χ0) is 18.2. The fourth-order valence-electron chi connectivity index (χ4n) is 3.13. The van der Waals surface area contributed by atoms with Crippen molar-refractivity contribution in [2.45, 2.75) is 26.3 Å². The molecule has 128 valence electrons. The summed E-state index contributed by atoms with van der Waals surface area (Å²) >= 11 is 0. The van der Waals surface area contributed by atoms with E-state index in [4.69, 9.17) is 5.11 Å². The van der Waals surface area contributed by atoms with Crippen LogP contribution in [0.1, 0.15) is 42.3 Å². The predicted molar refractivity (Wildman–Crippen MR) is 103 cm³/mol. The summed E-state index contributed by atoms with van der Waals surface area (Å²) in [6, 6.07) is 12.9. The summed E-state index contributed by atoms with van der Waals surface area (Å²) in [4.78, 5) is 17.7. The molecule has 2 aromatic rings. The summed E-state index contributed by atoms with van der Waals surface area (Å²) in [6.45, 7) is 6.53. The minimum Gasteiger partial charge on any atom is -0.478 e. The van der Waals surface area contributed by atoms with Gasteiger partial charge < -0.3 is 10.0 Å². The summed E-state index contributed by atoms with van der Waals surface area (Å²) in [6.07, 6.45) is 4.04. The fraction of sp³-hybridized carbons (Fsp3) is 0.238. The van der Waals surface area contributed by atoms with Crippen LogP contribution in [0.25, 0.3) is 5.57 Å². The molecule has 2 aromatic carbocycles. The quantitative estimate of drug-likeness (QED) is 0.823. The number of nitrogens with zero attached hydrogens (tertiary/aromatic N) is 2. The number of aromatic carboxylic acids is 1. The van der Waals surface area contributed by atoms with Crippen LogP contribution in [0.15, 0.2) is 53.5 Å². The van der Waals surface area contributed by atoms with Crippen LogP contribution in [0.4, 0.5) is 11.4 Å². The van der Waals surface area contributed by atoms with Crippen molar-refractivity contribution >= 4 is 29.1 Å². The average Bonchev–Trinajstić information content (AvgIpc) is 2.58. The summed E-state index contributed by atoms with van der Waals surface area (Å²) in [7, 11) is 2.10. The second kappa shape index (κ2) is 6.20. The normalized spacial score (nSPS) is 15.8. The van der Waals surface area contributed by atoms with E-state index in [0.29, 0.717) is 5.69 Å². The van der Waals surface area contributed by atoms with Gasteiger partial charge in [0.2, 0.25) is 0 Å². The highest BCUT2D eigenvalue weighted by Gasteiger charge is 2.28. The number of fused-ring (bicyclic) bond motifs is 1. The molecule has 3 rings (SSSR count). The first kappa shape index (κ1) is 17.0. The molecular weight excluding hydrogens is 312 g/mol. The SMILES string of the molecule is CC1=CC(C)(C)N(C)c2ccc(C=Nc3cccc(C(=O)O)c3)cc21. The Kier molecular flexibility index (Phi) is 4.21.